The molecular formula is C8H20NO4+. The van der Waals surface area contributed by atoms with Crippen molar-refractivity contribution in [3.63, 3.8) is 0 Å². The Bertz CT molecular complexity index is 122. The van der Waals surface area contributed by atoms with E-state index in [0.717, 1.165) is 0 Å². The summed E-state index contributed by atoms with van der Waals surface area (Å²) in [6.07, 6.45) is -1.96. The Morgan fingerprint density at radius 1 is 0.846 bits per heavy atom. The molecule has 0 fully saturated rings. The standard InChI is InChI=1S/C8H20NO4/c1-9(2,5-3-7(10)11)6-4-8(12)13/h7-8,10-13H,3-6H2,1-2H3/q+1. The Kier molecular flexibility index (Phi) is 5.43. The molecule has 0 aromatic carbocycles. The van der Waals surface area contributed by atoms with E-state index in [4.69, 9.17) is 20.4 Å². The van der Waals surface area contributed by atoms with Crippen LogP contribution in [-0.4, -0.2) is 64.7 Å². The number of nitrogens with zero attached hydrogens (tertiary/aromatic N) is 1. The highest BCUT2D eigenvalue weighted by molar-refractivity contribution is 4.42. The number of hydrogen-bond acceptors (Lipinski definition) is 4. The van der Waals surface area contributed by atoms with Gasteiger partial charge in [-0.3, -0.25) is 0 Å². The lowest BCUT2D eigenvalue weighted by molar-refractivity contribution is -0.892. The van der Waals surface area contributed by atoms with Gasteiger partial charge in [-0.2, -0.15) is 0 Å². The molecule has 0 saturated carbocycles. The maximum absolute atomic E-state index is 8.64. The topological polar surface area (TPSA) is 80.9 Å². The number of quaternary nitrogens is 1. The quantitative estimate of drug-likeness (QED) is 0.305. The first-order chi connectivity index (χ1) is 5.83. The Balaban J connectivity index is 3.66. The summed E-state index contributed by atoms with van der Waals surface area (Å²) in [5, 5.41) is 34.6. The summed E-state index contributed by atoms with van der Waals surface area (Å²) in [5.41, 5.74) is 0. The fourth-order valence-electron chi connectivity index (χ4n) is 1.04. The highest BCUT2D eigenvalue weighted by atomic mass is 16.5. The minimum absolute atomic E-state index is 0.300. The van der Waals surface area contributed by atoms with Crippen molar-refractivity contribution in [2.45, 2.75) is 25.4 Å². The van der Waals surface area contributed by atoms with Crippen molar-refractivity contribution < 1.29 is 24.9 Å². The summed E-state index contributed by atoms with van der Waals surface area (Å²) in [6.45, 7) is 1.20. The molecule has 0 bridgehead atoms. The van der Waals surface area contributed by atoms with E-state index in [1.165, 1.54) is 0 Å². The van der Waals surface area contributed by atoms with Crippen LogP contribution in [0, 0.1) is 0 Å². The van der Waals surface area contributed by atoms with E-state index >= 15 is 0 Å². The second-order valence-corrected chi connectivity index (χ2v) is 3.92. The monoisotopic (exact) mass is 194 g/mol. The molecule has 0 aromatic rings. The van der Waals surface area contributed by atoms with Gasteiger partial charge in [0.2, 0.25) is 0 Å². The van der Waals surface area contributed by atoms with Gasteiger partial charge in [-0.05, 0) is 0 Å². The van der Waals surface area contributed by atoms with Gasteiger partial charge in [0, 0.05) is 12.8 Å². The van der Waals surface area contributed by atoms with Gasteiger partial charge in [0.05, 0.1) is 27.2 Å². The molecule has 0 aliphatic heterocycles. The minimum Gasteiger partial charge on any atom is -0.368 e. The fourth-order valence-corrected chi connectivity index (χ4v) is 1.04. The third kappa shape index (κ3) is 8.14. The molecule has 0 spiro atoms. The SMILES string of the molecule is C[N+](C)(CCC(O)O)CCC(O)O. The van der Waals surface area contributed by atoms with Crippen molar-refractivity contribution >= 4 is 0 Å². The number of rotatable bonds is 6. The van der Waals surface area contributed by atoms with Crippen LogP contribution in [0.1, 0.15) is 12.8 Å². The van der Waals surface area contributed by atoms with Crippen LogP contribution in [0.5, 0.6) is 0 Å². The molecule has 5 nitrogen and oxygen atoms in total. The lowest BCUT2D eigenvalue weighted by atomic mass is 10.3. The minimum atomic E-state index is -1.28. The Labute approximate surface area is 78.4 Å². The van der Waals surface area contributed by atoms with Gasteiger partial charge in [0.1, 0.15) is 0 Å². The van der Waals surface area contributed by atoms with Crippen molar-refractivity contribution in [2.75, 3.05) is 27.2 Å². The molecule has 4 N–H and O–H groups in total. The molecule has 0 heterocycles. The Morgan fingerprint density at radius 3 is 1.38 bits per heavy atom. The van der Waals surface area contributed by atoms with Crippen molar-refractivity contribution in [1.29, 1.82) is 0 Å². The van der Waals surface area contributed by atoms with E-state index < -0.39 is 12.6 Å². The summed E-state index contributed by atoms with van der Waals surface area (Å²) in [5.74, 6) is 0. The third-order valence-corrected chi connectivity index (χ3v) is 1.99. The van der Waals surface area contributed by atoms with E-state index in [9.17, 15) is 0 Å². The molecule has 0 rings (SSSR count). The molecular weight excluding hydrogens is 174 g/mol. The summed E-state index contributed by atoms with van der Waals surface area (Å²) in [6, 6.07) is 0. The van der Waals surface area contributed by atoms with Crippen LogP contribution in [0.25, 0.3) is 0 Å². The van der Waals surface area contributed by atoms with E-state index in [1.54, 1.807) is 0 Å². The van der Waals surface area contributed by atoms with Gasteiger partial charge in [-0.15, -0.1) is 0 Å². The average molecular weight is 194 g/mol. The molecule has 0 unspecified atom stereocenters. The molecule has 13 heavy (non-hydrogen) atoms. The lowest BCUT2D eigenvalue weighted by Gasteiger charge is -2.30. The van der Waals surface area contributed by atoms with Crippen LogP contribution < -0.4 is 0 Å². The zero-order chi connectivity index (χ0) is 10.5. The molecule has 0 atom stereocenters. The first kappa shape index (κ1) is 12.8. The summed E-state index contributed by atoms with van der Waals surface area (Å²) in [4.78, 5) is 0. The fraction of sp³-hybridized carbons (Fsp3) is 1.00. The zero-order valence-corrected chi connectivity index (χ0v) is 8.22. The molecule has 0 amide bonds. The molecule has 0 aromatic heterocycles. The normalized spacial score (nSPS) is 12.9. The summed E-state index contributed by atoms with van der Waals surface area (Å²) in [7, 11) is 3.82. The predicted molar refractivity (Wildman–Crippen MR) is 47.5 cm³/mol. The van der Waals surface area contributed by atoms with Crippen LogP contribution in [0.2, 0.25) is 0 Å². The smallest absolute Gasteiger partial charge is 0.156 e. The average Bonchev–Trinajstić information content (AvgIpc) is 1.98. The van der Waals surface area contributed by atoms with Gasteiger partial charge in [-0.25, -0.2) is 0 Å². The Hall–Kier alpha value is -0.200. The molecule has 0 radical (unpaired) electrons. The molecule has 5 heteroatoms. The van der Waals surface area contributed by atoms with E-state index in [1.807, 2.05) is 14.1 Å². The van der Waals surface area contributed by atoms with Gasteiger partial charge < -0.3 is 24.9 Å². The van der Waals surface area contributed by atoms with E-state index in [-0.39, 0.29) is 0 Å². The largest absolute Gasteiger partial charge is 0.368 e. The molecule has 0 aliphatic rings. The Morgan fingerprint density at radius 2 is 1.15 bits per heavy atom. The molecule has 0 aliphatic carbocycles. The number of aliphatic hydroxyl groups excluding tert-OH is 2. The van der Waals surface area contributed by atoms with Crippen LogP contribution >= 0.6 is 0 Å². The number of aliphatic hydroxyl groups is 4. The van der Waals surface area contributed by atoms with E-state index in [0.29, 0.717) is 30.4 Å². The van der Waals surface area contributed by atoms with Crippen LogP contribution in [-0.2, 0) is 0 Å². The van der Waals surface area contributed by atoms with E-state index in [2.05, 4.69) is 0 Å². The second-order valence-electron chi connectivity index (χ2n) is 3.92. The zero-order valence-electron chi connectivity index (χ0n) is 8.22. The number of hydrogen-bond donors (Lipinski definition) is 4. The van der Waals surface area contributed by atoms with Crippen LogP contribution in [0.4, 0.5) is 0 Å². The molecule has 80 valence electrons. The van der Waals surface area contributed by atoms with Crippen molar-refractivity contribution in [3.05, 3.63) is 0 Å². The van der Waals surface area contributed by atoms with Gasteiger partial charge in [-0.1, -0.05) is 0 Å². The summed E-state index contributed by atoms with van der Waals surface area (Å²) < 4.78 is 0.551. The van der Waals surface area contributed by atoms with Crippen LogP contribution in [0.3, 0.4) is 0 Å². The highest BCUT2D eigenvalue weighted by Crippen LogP contribution is 2.03. The van der Waals surface area contributed by atoms with Crippen molar-refractivity contribution in [2.24, 2.45) is 0 Å². The first-order valence-electron chi connectivity index (χ1n) is 4.38. The maximum Gasteiger partial charge on any atom is 0.156 e. The third-order valence-electron chi connectivity index (χ3n) is 1.99. The second kappa shape index (κ2) is 5.51. The van der Waals surface area contributed by atoms with Crippen molar-refractivity contribution in [3.8, 4) is 0 Å². The van der Waals surface area contributed by atoms with Crippen LogP contribution in [0.15, 0.2) is 0 Å². The van der Waals surface area contributed by atoms with Gasteiger partial charge in [0.15, 0.2) is 12.6 Å². The first-order valence-corrected chi connectivity index (χ1v) is 4.38. The molecule has 0 saturated heterocycles. The lowest BCUT2D eigenvalue weighted by Crippen LogP contribution is -2.43. The van der Waals surface area contributed by atoms with Crippen molar-refractivity contribution in [1.82, 2.24) is 0 Å². The highest BCUT2D eigenvalue weighted by Gasteiger charge is 2.17. The van der Waals surface area contributed by atoms with Gasteiger partial charge >= 0.3 is 0 Å². The summed E-state index contributed by atoms with van der Waals surface area (Å²) >= 11 is 0. The predicted octanol–water partition coefficient (Wildman–Crippen LogP) is -1.54. The maximum atomic E-state index is 8.64. The van der Waals surface area contributed by atoms with Gasteiger partial charge in [0.25, 0.3) is 0 Å².